The standard InChI is InChI=1S/C16H19N5O2.HI/c1-11-19-15(20-23-11)9-18-16(17-2)21(3)10-13-8-12-6-4-5-7-14(12)22-13;/h4-8H,9-10H2,1-3H3,(H,17,18);1H. The molecule has 0 unspecified atom stereocenters. The summed E-state index contributed by atoms with van der Waals surface area (Å²) in [5.74, 6) is 2.76. The van der Waals surface area contributed by atoms with Crippen LogP contribution < -0.4 is 5.32 Å². The fourth-order valence-corrected chi connectivity index (χ4v) is 2.38. The molecule has 0 aliphatic rings. The molecule has 0 spiro atoms. The predicted molar refractivity (Wildman–Crippen MR) is 102 cm³/mol. The van der Waals surface area contributed by atoms with Crippen LogP contribution in [0.25, 0.3) is 11.0 Å². The molecule has 0 fully saturated rings. The highest BCUT2D eigenvalue weighted by Gasteiger charge is 2.11. The number of halogens is 1. The largest absolute Gasteiger partial charge is 0.459 e. The Morgan fingerprint density at radius 1 is 1.33 bits per heavy atom. The third-order valence-corrected chi connectivity index (χ3v) is 3.42. The van der Waals surface area contributed by atoms with E-state index >= 15 is 0 Å². The van der Waals surface area contributed by atoms with Gasteiger partial charge < -0.3 is 19.2 Å². The van der Waals surface area contributed by atoms with Crippen LogP contribution in [-0.4, -0.2) is 35.1 Å². The van der Waals surface area contributed by atoms with E-state index < -0.39 is 0 Å². The van der Waals surface area contributed by atoms with Crippen LogP contribution in [-0.2, 0) is 13.1 Å². The Morgan fingerprint density at radius 2 is 2.12 bits per heavy atom. The summed E-state index contributed by atoms with van der Waals surface area (Å²) in [5, 5.41) is 8.15. The molecule has 8 heteroatoms. The first kappa shape index (κ1) is 18.2. The van der Waals surface area contributed by atoms with Crippen LogP contribution >= 0.6 is 24.0 Å². The second-order valence-corrected chi connectivity index (χ2v) is 5.24. The lowest BCUT2D eigenvalue weighted by Crippen LogP contribution is -2.38. The van der Waals surface area contributed by atoms with E-state index in [9.17, 15) is 0 Å². The summed E-state index contributed by atoms with van der Waals surface area (Å²) in [4.78, 5) is 10.4. The predicted octanol–water partition coefficient (Wildman–Crippen LogP) is 2.95. The molecule has 7 nitrogen and oxygen atoms in total. The fourth-order valence-electron chi connectivity index (χ4n) is 2.38. The van der Waals surface area contributed by atoms with E-state index in [0.717, 1.165) is 22.7 Å². The van der Waals surface area contributed by atoms with Crippen molar-refractivity contribution >= 4 is 40.9 Å². The number of fused-ring (bicyclic) bond motifs is 1. The van der Waals surface area contributed by atoms with Gasteiger partial charge in [0, 0.05) is 26.4 Å². The molecule has 0 aliphatic heterocycles. The minimum Gasteiger partial charge on any atom is -0.459 e. The van der Waals surface area contributed by atoms with E-state index in [-0.39, 0.29) is 24.0 Å². The minimum absolute atomic E-state index is 0. The molecule has 0 radical (unpaired) electrons. The number of hydrogen-bond donors (Lipinski definition) is 1. The summed E-state index contributed by atoms with van der Waals surface area (Å²) in [5.41, 5.74) is 0.890. The number of benzene rings is 1. The monoisotopic (exact) mass is 441 g/mol. The van der Waals surface area contributed by atoms with Gasteiger partial charge in [0.2, 0.25) is 5.89 Å². The van der Waals surface area contributed by atoms with E-state index in [1.54, 1.807) is 14.0 Å². The molecule has 1 N–H and O–H groups in total. The second-order valence-electron chi connectivity index (χ2n) is 5.24. The zero-order valence-corrected chi connectivity index (χ0v) is 16.1. The molecule has 3 aromatic rings. The lowest BCUT2D eigenvalue weighted by molar-refractivity contribution is 0.385. The van der Waals surface area contributed by atoms with Gasteiger partial charge >= 0.3 is 0 Å². The summed E-state index contributed by atoms with van der Waals surface area (Å²) >= 11 is 0. The van der Waals surface area contributed by atoms with E-state index in [1.807, 2.05) is 42.3 Å². The SMILES string of the molecule is CN=C(NCc1noc(C)n1)N(C)Cc1cc2ccccc2o1.I. The maximum absolute atomic E-state index is 5.84. The molecular weight excluding hydrogens is 421 g/mol. The number of aryl methyl sites for hydroxylation is 1. The first-order chi connectivity index (χ1) is 11.2. The maximum atomic E-state index is 5.84. The van der Waals surface area contributed by atoms with Gasteiger partial charge in [0.15, 0.2) is 11.8 Å². The van der Waals surface area contributed by atoms with E-state index in [4.69, 9.17) is 8.94 Å². The number of rotatable bonds is 4. The van der Waals surface area contributed by atoms with Crippen molar-refractivity contribution in [1.29, 1.82) is 0 Å². The van der Waals surface area contributed by atoms with Crippen LogP contribution in [0.4, 0.5) is 0 Å². The Morgan fingerprint density at radius 3 is 2.79 bits per heavy atom. The number of nitrogens with one attached hydrogen (secondary N) is 1. The molecule has 0 aliphatic carbocycles. The Labute approximate surface area is 157 Å². The minimum atomic E-state index is 0. The first-order valence-corrected chi connectivity index (χ1v) is 7.34. The summed E-state index contributed by atoms with van der Waals surface area (Å²) in [6.07, 6.45) is 0. The van der Waals surface area contributed by atoms with Gasteiger partial charge in [0.1, 0.15) is 11.3 Å². The van der Waals surface area contributed by atoms with Gasteiger partial charge in [-0.15, -0.1) is 24.0 Å². The quantitative estimate of drug-likeness (QED) is 0.381. The number of guanidine groups is 1. The van der Waals surface area contributed by atoms with Crippen molar-refractivity contribution in [3.05, 3.63) is 47.8 Å². The van der Waals surface area contributed by atoms with Crippen LogP contribution in [0.2, 0.25) is 0 Å². The number of hydrogen-bond acceptors (Lipinski definition) is 5. The van der Waals surface area contributed by atoms with Gasteiger partial charge in [-0.3, -0.25) is 4.99 Å². The van der Waals surface area contributed by atoms with Crippen LogP contribution in [0.15, 0.2) is 44.3 Å². The smallest absolute Gasteiger partial charge is 0.223 e. The molecule has 0 saturated carbocycles. The summed E-state index contributed by atoms with van der Waals surface area (Å²) in [6.45, 7) is 2.83. The highest BCUT2D eigenvalue weighted by atomic mass is 127. The van der Waals surface area contributed by atoms with Crippen molar-refractivity contribution in [3.8, 4) is 0 Å². The first-order valence-electron chi connectivity index (χ1n) is 7.34. The average molecular weight is 441 g/mol. The van der Waals surface area contributed by atoms with Gasteiger partial charge in [-0.1, -0.05) is 23.4 Å². The van der Waals surface area contributed by atoms with E-state index in [1.165, 1.54) is 0 Å². The molecule has 2 heterocycles. The molecule has 24 heavy (non-hydrogen) atoms. The van der Waals surface area contributed by atoms with Gasteiger partial charge in [-0.05, 0) is 12.1 Å². The highest BCUT2D eigenvalue weighted by molar-refractivity contribution is 14.0. The summed E-state index contributed by atoms with van der Waals surface area (Å²) < 4.78 is 10.8. The molecule has 128 valence electrons. The van der Waals surface area contributed by atoms with Crippen molar-refractivity contribution in [2.75, 3.05) is 14.1 Å². The fraction of sp³-hybridized carbons (Fsp3) is 0.312. The third kappa shape index (κ3) is 4.25. The Hall–Kier alpha value is -2.10. The summed E-state index contributed by atoms with van der Waals surface area (Å²) in [6, 6.07) is 10.0. The number of para-hydroxylation sites is 1. The molecule has 1 aromatic carbocycles. The zero-order chi connectivity index (χ0) is 16.2. The molecule has 3 rings (SSSR count). The molecular formula is C16H20IN5O2. The number of aliphatic imine (C=N–C) groups is 1. The highest BCUT2D eigenvalue weighted by Crippen LogP contribution is 2.19. The van der Waals surface area contributed by atoms with Gasteiger partial charge in [0.05, 0.1) is 13.1 Å². The van der Waals surface area contributed by atoms with Crippen LogP contribution in [0.5, 0.6) is 0 Å². The molecule has 0 amide bonds. The van der Waals surface area contributed by atoms with Crippen molar-refractivity contribution in [2.45, 2.75) is 20.0 Å². The number of furan rings is 1. The Bertz CT molecular complexity index is 794. The van der Waals surface area contributed by atoms with Gasteiger partial charge in [0.25, 0.3) is 0 Å². The lowest BCUT2D eigenvalue weighted by Gasteiger charge is -2.20. The number of nitrogens with zero attached hydrogens (tertiary/aromatic N) is 4. The average Bonchev–Trinajstić information content (AvgIpc) is 3.13. The third-order valence-electron chi connectivity index (χ3n) is 3.42. The van der Waals surface area contributed by atoms with Crippen molar-refractivity contribution < 1.29 is 8.94 Å². The lowest BCUT2D eigenvalue weighted by atomic mass is 10.2. The van der Waals surface area contributed by atoms with Crippen molar-refractivity contribution in [1.82, 2.24) is 20.4 Å². The Kier molecular flexibility index (Phi) is 6.18. The van der Waals surface area contributed by atoms with Crippen LogP contribution in [0, 0.1) is 6.92 Å². The topological polar surface area (TPSA) is 79.7 Å². The maximum Gasteiger partial charge on any atom is 0.223 e. The Balaban J connectivity index is 0.00000208. The van der Waals surface area contributed by atoms with Gasteiger partial charge in [-0.2, -0.15) is 4.98 Å². The molecule has 0 atom stereocenters. The van der Waals surface area contributed by atoms with Crippen LogP contribution in [0.1, 0.15) is 17.5 Å². The second kappa shape index (κ2) is 8.13. The summed E-state index contributed by atoms with van der Waals surface area (Å²) in [7, 11) is 3.68. The molecule has 0 bridgehead atoms. The zero-order valence-electron chi connectivity index (χ0n) is 13.8. The van der Waals surface area contributed by atoms with Crippen LogP contribution in [0.3, 0.4) is 0 Å². The molecule has 2 aromatic heterocycles. The number of aromatic nitrogens is 2. The van der Waals surface area contributed by atoms with Gasteiger partial charge in [-0.25, -0.2) is 0 Å². The van der Waals surface area contributed by atoms with Crippen molar-refractivity contribution in [3.63, 3.8) is 0 Å². The normalized spacial score (nSPS) is 11.4. The van der Waals surface area contributed by atoms with E-state index in [0.29, 0.717) is 24.8 Å². The van der Waals surface area contributed by atoms with E-state index in [2.05, 4.69) is 20.4 Å². The van der Waals surface area contributed by atoms with Crippen molar-refractivity contribution in [2.24, 2.45) is 4.99 Å². The molecule has 0 saturated heterocycles.